The van der Waals surface area contributed by atoms with Crippen LogP contribution >= 0.6 is 15.9 Å². The molecule has 64 valence electrons. The maximum absolute atomic E-state index is 10.7. The minimum atomic E-state index is -1.03. The summed E-state index contributed by atoms with van der Waals surface area (Å²) in [5.41, 5.74) is -1.70. The van der Waals surface area contributed by atoms with E-state index in [4.69, 9.17) is 0 Å². The van der Waals surface area contributed by atoms with Crippen molar-refractivity contribution in [3.63, 3.8) is 0 Å². The molecule has 0 spiro atoms. The molecule has 1 aromatic rings. The van der Waals surface area contributed by atoms with Gasteiger partial charge in [-0.15, -0.1) is 5.10 Å². The SMILES string of the molecule is O=c1[nH][n+]([O-])c(Br)cc1[N+](=O)[O-]. The van der Waals surface area contributed by atoms with Crippen LogP contribution in [0.25, 0.3) is 0 Å². The Hall–Kier alpha value is -1.44. The summed E-state index contributed by atoms with van der Waals surface area (Å²) in [6.07, 6.45) is 0. The van der Waals surface area contributed by atoms with Gasteiger partial charge in [0.15, 0.2) is 0 Å². The largest absolute Gasteiger partial charge is 0.595 e. The van der Waals surface area contributed by atoms with Crippen molar-refractivity contribution in [1.82, 2.24) is 5.10 Å². The normalized spacial score (nSPS) is 9.75. The molecule has 0 aromatic carbocycles. The van der Waals surface area contributed by atoms with Crippen LogP contribution in [0.15, 0.2) is 15.5 Å². The van der Waals surface area contributed by atoms with E-state index in [0.29, 0.717) is 0 Å². The molecule has 0 saturated carbocycles. The maximum atomic E-state index is 10.7. The lowest BCUT2D eigenvalue weighted by Gasteiger charge is -1.94. The molecule has 0 amide bonds. The number of hydrogen-bond donors (Lipinski definition) is 1. The van der Waals surface area contributed by atoms with Crippen molar-refractivity contribution in [3.8, 4) is 0 Å². The summed E-state index contributed by atoms with van der Waals surface area (Å²) in [7, 11) is 0. The molecule has 7 nitrogen and oxygen atoms in total. The van der Waals surface area contributed by atoms with Gasteiger partial charge in [-0.25, -0.2) is 0 Å². The van der Waals surface area contributed by atoms with E-state index in [9.17, 15) is 20.1 Å². The summed E-state index contributed by atoms with van der Waals surface area (Å²) in [6.45, 7) is 0. The quantitative estimate of drug-likeness (QED) is 0.312. The lowest BCUT2D eigenvalue weighted by atomic mass is 10.5. The fraction of sp³-hybridized carbons (Fsp3) is 0. The van der Waals surface area contributed by atoms with E-state index in [1.807, 2.05) is 0 Å². The van der Waals surface area contributed by atoms with Gasteiger partial charge in [0.1, 0.15) is 6.07 Å². The predicted octanol–water partition coefficient (Wildman–Crippen LogP) is -0.321. The number of rotatable bonds is 1. The molecule has 1 aromatic heterocycles. The van der Waals surface area contributed by atoms with Gasteiger partial charge < -0.3 is 5.21 Å². The molecule has 0 atom stereocenters. The van der Waals surface area contributed by atoms with E-state index in [1.165, 1.54) is 0 Å². The Morgan fingerprint density at radius 3 is 2.75 bits per heavy atom. The van der Waals surface area contributed by atoms with Gasteiger partial charge in [-0.3, -0.25) is 14.9 Å². The molecule has 0 aliphatic heterocycles. The highest BCUT2D eigenvalue weighted by Gasteiger charge is 2.17. The number of H-pyrrole nitrogens is 1. The Bertz CT molecular complexity index is 386. The summed E-state index contributed by atoms with van der Waals surface area (Å²) < 4.78 is -0.117. The first-order valence-corrected chi connectivity index (χ1v) is 3.48. The molecule has 1 heterocycles. The Kier molecular flexibility index (Phi) is 2.09. The van der Waals surface area contributed by atoms with Crippen molar-refractivity contribution in [2.75, 3.05) is 0 Å². The van der Waals surface area contributed by atoms with Crippen LogP contribution in [0.1, 0.15) is 0 Å². The second-order valence-corrected chi connectivity index (χ2v) is 2.66. The number of nitro groups is 1. The van der Waals surface area contributed by atoms with Crippen molar-refractivity contribution >= 4 is 21.6 Å². The minimum Gasteiger partial charge on any atom is -0.595 e. The molecular weight excluding hydrogens is 234 g/mol. The van der Waals surface area contributed by atoms with E-state index in [1.54, 1.807) is 5.10 Å². The Balaban J connectivity index is 3.43. The van der Waals surface area contributed by atoms with Crippen molar-refractivity contribution in [3.05, 3.63) is 36.3 Å². The third-order valence-corrected chi connectivity index (χ3v) is 1.63. The van der Waals surface area contributed by atoms with Crippen molar-refractivity contribution in [2.45, 2.75) is 0 Å². The number of nitrogens with one attached hydrogen (secondary N) is 1. The fourth-order valence-electron chi connectivity index (χ4n) is 0.576. The molecule has 0 aliphatic rings. The summed E-state index contributed by atoms with van der Waals surface area (Å²) in [6, 6.07) is 0.839. The standard InChI is InChI=1S/C4H2BrN3O4/c5-3-1-2(8(11)12)4(9)6-7(3)10/h1H,(H,6,9). The molecule has 0 radical (unpaired) electrons. The zero-order chi connectivity index (χ0) is 9.30. The monoisotopic (exact) mass is 235 g/mol. The Labute approximate surface area is 73.5 Å². The summed E-state index contributed by atoms with van der Waals surface area (Å²) in [5.74, 6) is 0. The van der Waals surface area contributed by atoms with Crippen LogP contribution in [0, 0.1) is 15.3 Å². The molecule has 8 heteroatoms. The topological polar surface area (TPSA) is 103 Å². The van der Waals surface area contributed by atoms with Crippen LogP contribution in [0.4, 0.5) is 5.69 Å². The second-order valence-electron chi connectivity index (χ2n) is 1.84. The second kappa shape index (κ2) is 2.89. The number of halogens is 1. The molecule has 0 bridgehead atoms. The average Bonchev–Trinajstić information content (AvgIpc) is 1.96. The third kappa shape index (κ3) is 1.42. The Morgan fingerprint density at radius 2 is 2.25 bits per heavy atom. The average molecular weight is 236 g/mol. The molecule has 0 saturated heterocycles. The smallest absolute Gasteiger partial charge is 0.377 e. The van der Waals surface area contributed by atoms with E-state index >= 15 is 0 Å². The van der Waals surface area contributed by atoms with Crippen LogP contribution in [-0.2, 0) is 0 Å². The molecule has 0 aliphatic carbocycles. The summed E-state index contributed by atoms with van der Waals surface area (Å²) >= 11 is 2.72. The number of aromatic amines is 1. The van der Waals surface area contributed by atoms with Crippen molar-refractivity contribution in [1.29, 1.82) is 0 Å². The van der Waals surface area contributed by atoms with Gasteiger partial charge in [0.25, 0.3) is 4.60 Å². The Morgan fingerprint density at radius 1 is 1.67 bits per heavy atom. The van der Waals surface area contributed by atoms with Gasteiger partial charge in [-0.2, -0.15) is 0 Å². The number of nitrogens with zero attached hydrogens (tertiary/aromatic N) is 2. The molecule has 0 unspecified atom stereocenters. The maximum Gasteiger partial charge on any atom is 0.377 e. The van der Waals surface area contributed by atoms with Crippen LogP contribution < -0.4 is 10.4 Å². The van der Waals surface area contributed by atoms with Crippen LogP contribution in [0.2, 0.25) is 0 Å². The minimum absolute atomic E-state index is 0.0926. The van der Waals surface area contributed by atoms with E-state index in [-0.39, 0.29) is 9.45 Å². The lowest BCUT2D eigenvalue weighted by Crippen LogP contribution is -2.39. The van der Waals surface area contributed by atoms with Gasteiger partial charge in [0, 0.05) is 15.9 Å². The van der Waals surface area contributed by atoms with E-state index in [0.717, 1.165) is 6.07 Å². The first kappa shape index (κ1) is 8.65. The van der Waals surface area contributed by atoms with Gasteiger partial charge >= 0.3 is 11.2 Å². The van der Waals surface area contributed by atoms with Crippen molar-refractivity contribution in [2.24, 2.45) is 0 Å². The molecule has 0 fully saturated rings. The van der Waals surface area contributed by atoms with Crippen molar-refractivity contribution < 1.29 is 9.77 Å². The summed E-state index contributed by atoms with van der Waals surface area (Å²) in [5, 5.41) is 22.5. The van der Waals surface area contributed by atoms with E-state index < -0.39 is 16.2 Å². The zero-order valence-electron chi connectivity index (χ0n) is 5.48. The zero-order valence-corrected chi connectivity index (χ0v) is 7.07. The third-order valence-electron chi connectivity index (χ3n) is 1.08. The molecular formula is C4H2BrN3O4. The lowest BCUT2D eigenvalue weighted by molar-refractivity contribution is -0.682. The van der Waals surface area contributed by atoms with Gasteiger partial charge in [0.05, 0.1) is 4.92 Å². The van der Waals surface area contributed by atoms with Gasteiger partial charge in [0.2, 0.25) is 0 Å². The van der Waals surface area contributed by atoms with E-state index in [2.05, 4.69) is 15.9 Å². The fourth-order valence-corrected chi connectivity index (χ4v) is 0.881. The first-order chi connectivity index (χ1) is 5.52. The number of aromatic nitrogens is 2. The highest BCUT2D eigenvalue weighted by Crippen LogP contribution is 2.07. The molecule has 12 heavy (non-hydrogen) atoms. The van der Waals surface area contributed by atoms with Gasteiger partial charge in [-0.05, 0) is 0 Å². The molecule has 1 N–H and O–H groups in total. The van der Waals surface area contributed by atoms with Crippen LogP contribution in [0.3, 0.4) is 0 Å². The number of hydrogen-bond acceptors (Lipinski definition) is 4. The summed E-state index contributed by atoms with van der Waals surface area (Å²) in [4.78, 5) is 20.1. The van der Waals surface area contributed by atoms with Crippen LogP contribution in [0.5, 0.6) is 0 Å². The molecule has 1 rings (SSSR count). The van der Waals surface area contributed by atoms with Gasteiger partial charge in [-0.1, -0.05) is 4.85 Å². The highest BCUT2D eigenvalue weighted by molar-refractivity contribution is 9.10. The predicted molar refractivity (Wildman–Crippen MR) is 40.4 cm³/mol. The first-order valence-electron chi connectivity index (χ1n) is 2.69. The highest BCUT2D eigenvalue weighted by atomic mass is 79.9. The van der Waals surface area contributed by atoms with Crippen LogP contribution in [-0.4, -0.2) is 10.0 Å².